The molecular weight excluding hydrogens is 486 g/mol. The van der Waals surface area contributed by atoms with E-state index in [9.17, 15) is 9.59 Å². The summed E-state index contributed by atoms with van der Waals surface area (Å²) in [7, 11) is 0. The smallest absolute Gasteiger partial charge is 0.312 e. The second-order valence-electron chi connectivity index (χ2n) is 9.97. The van der Waals surface area contributed by atoms with Gasteiger partial charge < -0.3 is 9.30 Å². The Labute approximate surface area is 224 Å². The summed E-state index contributed by atoms with van der Waals surface area (Å²) in [5.74, 6) is 4.16. The number of ether oxygens (including phenoxy) is 1. The van der Waals surface area contributed by atoms with Gasteiger partial charge in [0.1, 0.15) is 0 Å². The highest BCUT2D eigenvalue weighted by atomic mass is 32.2. The van der Waals surface area contributed by atoms with Gasteiger partial charge in [0.25, 0.3) is 0 Å². The molecule has 0 amide bonds. The van der Waals surface area contributed by atoms with Gasteiger partial charge in [-0.05, 0) is 81.1 Å². The first-order valence-electron chi connectivity index (χ1n) is 13.3. The van der Waals surface area contributed by atoms with Gasteiger partial charge in [-0.2, -0.15) is 23.5 Å². The third-order valence-corrected chi connectivity index (χ3v) is 9.03. The van der Waals surface area contributed by atoms with Crippen molar-refractivity contribution in [3.63, 3.8) is 0 Å². The molecule has 0 unspecified atom stereocenters. The summed E-state index contributed by atoms with van der Waals surface area (Å²) in [5.41, 5.74) is 1.78. The topological polar surface area (TPSA) is 48.3 Å². The Bertz CT molecular complexity index is 1110. The van der Waals surface area contributed by atoms with Crippen LogP contribution in [0.15, 0.2) is 53.3 Å². The van der Waals surface area contributed by atoms with Crippen molar-refractivity contribution in [2.45, 2.75) is 65.8 Å². The average Bonchev–Trinajstić information content (AvgIpc) is 2.89. The maximum absolute atomic E-state index is 12.9. The highest BCUT2D eigenvalue weighted by molar-refractivity contribution is 7.99. The van der Waals surface area contributed by atoms with Crippen LogP contribution in [-0.4, -0.2) is 40.2 Å². The Kier molecular flexibility index (Phi) is 11.7. The first-order valence-corrected chi connectivity index (χ1v) is 15.6. The molecule has 0 aliphatic rings. The highest BCUT2D eigenvalue weighted by Gasteiger charge is 2.29. The van der Waals surface area contributed by atoms with E-state index < -0.39 is 5.41 Å². The number of esters is 1. The summed E-state index contributed by atoms with van der Waals surface area (Å²) < 4.78 is 7.71. The molecule has 1 heterocycles. The van der Waals surface area contributed by atoms with Crippen LogP contribution < -0.4 is 5.43 Å². The van der Waals surface area contributed by atoms with Crippen LogP contribution in [0.4, 0.5) is 0 Å². The van der Waals surface area contributed by atoms with Gasteiger partial charge in [0.15, 0.2) is 5.43 Å². The molecule has 4 nitrogen and oxygen atoms in total. The van der Waals surface area contributed by atoms with E-state index in [-0.39, 0.29) is 11.4 Å². The van der Waals surface area contributed by atoms with Gasteiger partial charge in [-0.3, -0.25) is 9.59 Å². The van der Waals surface area contributed by atoms with Gasteiger partial charge in [-0.1, -0.05) is 44.0 Å². The first kappa shape index (κ1) is 28.6. The van der Waals surface area contributed by atoms with E-state index in [4.69, 9.17) is 4.74 Å². The van der Waals surface area contributed by atoms with E-state index in [0.29, 0.717) is 6.61 Å². The Hall–Kier alpha value is -1.92. The fourth-order valence-corrected chi connectivity index (χ4v) is 6.35. The molecule has 0 radical (unpaired) electrons. The lowest BCUT2D eigenvalue weighted by Gasteiger charge is -2.22. The van der Waals surface area contributed by atoms with E-state index in [2.05, 4.69) is 23.6 Å². The molecular formula is C30H41NO3S2. The summed E-state index contributed by atoms with van der Waals surface area (Å²) in [5, 5.41) is 1.61. The van der Waals surface area contributed by atoms with Crippen LogP contribution in [0.5, 0.6) is 0 Å². The van der Waals surface area contributed by atoms with Crippen molar-refractivity contribution in [1.82, 2.24) is 4.57 Å². The number of unbranched alkanes of at least 4 members (excludes halogenated alkanes) is 3. The molecule has 2 aromatic carbocycles. The van der Waals surface area contributed by atoms with E-state index in [1.54, 1.807) is 0 Å². The monoisotopic (exact) mass is 527 g/mol. The molecule has 0 saturated heterocycles. The predicted molar refractivity (Wildman–Crippen MR) is 158 cm³/mol. The van der Waals surface area contributed by atoms with Crippen molar-refractivity contribution < 1.29 is 9.53 Å². The van der Waals surface area contributed by atoms with E-state index in [1.165, 1.54) is 25.0 Å². The molecule has 0 saturated carbocycles. The number of rotatable bonds is 16. The zero-order chi connectivity index (χ0) is 25.8. The number of thioether (sulfide) groups is 2. The van der Waals surface area contributed by atoms with Gasteiger partial charge in [0, 0.05) is 23.1 Å². The molecule has 0 fully saturated rings. The summed E-state index contributed by atoms with van der Waals surface area (Å²) in [6.07, 6.45) is 6.73. The molecule has 0 aliphatic carbocycles. The lowest BCUT2D eigenvalue weighted by atomic mass is 9.97. The normalized spacial score (nSPS) is 11.9. The summed E-state index contributed by atoms with van der Waals surface area (Å²) >= 11 is 3.89. The number of benzene rings is 2. The number of para-hydroxylation sites is 2. The molecule has 0 N–H and O–H groups in total. The molecule has 6 heteroatoms. The molecule has 3 rings (SSSR count). The number of pyridine rings is 1. The number of aryl methyl sites for hydroxylation is 1. The zero-order valence-electron chi connectivity index (χ0n) is 22.1. The van der Waals surface area contributed by atoms with Gasteiger partial charge in [0.05, 0.1) is 23.1 Å². The van der Waals surface area contributed by atoms with Gasteiger partial charge >= 0.3 is 5.97 Å². The fraction of sp³-hybridized carbons (Fsp3) is 0.533. The molecule has 1 aromatic heterocycles. The average molecular weight is 528 g/mol. The Morgan fingerprint density at radius 1 is 0.833 bits per heavy atom. The summed E-state index contributed by atoms with van der Waals surface area (Å²) in [6, 6.07) is 15.9. The Balaban J connectivity index is 1.32. The molecule has 0 atom stereocenters. The third kappa shape index (κ3) is 8.04. The molecule has 0 bridgehead atoms. The van der Waals surface area contributed by atoms with Crippen LogP contribution in [0.1, 0.15) is 59.3 Å². The number of fused-ring (bicyclic) bond motifs is 2. The lowest BCUT2D eigenvalue weighted by Crippen LogP contribution is -2.29. The maximum Gasteiger partial charge on any atom is 0.312 e. The predicted octanol–water partition coefficient (Wildman–Crippen LogP) is 7.55. The minimum atomic E-state index is -0.406. The number of carbonyl (C=O) groups is 1. The molecule has 0 aliphatic heterocycles. The highest BCUT2D eigenvalue weighted by Crippen LogP contribution is 2.25. The molecule has 0 spiro atoms. The first-order chi connectivity index (χ1) is 17.5. The van der Waals surface area contributed by atoms with E-state index in [0.717, 1.165) is 64.9 Å². The van der Waals surface area contributed by atoms with Gasteiger partial charge in [-0.25, -0.2) is 0 Å². The fourth-order valence-electron chi connectivity index (χ4n) is 4.22. The number of nitrogens with zero attached hydrogens (tertiary/aromatic N) is 1. The van der Waals surface area contributed by atoms with Crippen LogP contribution in [0, 0.1) is 5.41 Å². The van der Waals surface area contributed by atoms with Crippen LogP contribution >= 0.6 is 23.5 Å². The van der Waals surface area contributed by atoms with Gasteiger partial charge in [-0.15, -0.1) is 0 Å². The lowest BCUT2D eigenvalue weighted by molar-refractivity contribution is -0.152. The van der Waals surface area contributed by atoms with Crippen molar-refractivity contribution in [3.8, 4) is 0 Å². The van der Waals surface area contributed by atoms with E-state index >= 15 is 0 Å². The standard InChI is InChI=1S/C30H41NO3S2/c1-4-5-19-34-29(33)30(2,3)23-36-21-12-6-11-20-35-22-13-18-31-26-16-9-7-14-24(26)28(32)25-15-8-10-17-27(25)31/h7-10,14-17H,4-6,11-13,18-23H2,1-3H3. The third-order valence-electron chi connectivity index (χ3n) is 6.37. The minimum absolute atomic E-state index is 0.0667. The number of carbonyl (C=O) groups excluding carboxylic acids is 1. The SMILES string of the molecule is CCCCOC(=O)C(C)(C)CSCCCCCSCCCn1c2ccccc2c(=O)c2ccccc21. The van der Waals surface area contributed by atoms with Crippen LogP contribution in [-0.2, 0) is 16.1 Å². The van der Waals surface area contributed by atoms with Crippen LogP contribution in [0.3, 0.4) is 0 Å². The summed E-state index contributed by atoms with van der Waals surface area (Å²) in [4.78, 5) is 25.1. The van der Waals surface area contributed by atoms with Crippen molar-refractivity contribution in [2.75, 3.05) is 29.6 Å². The van der Waals surface area contributed by atoms with Crippen LogP contribution in [0.2, 0.25) is 0 Å². The molecule has 3 aromatic rings. The quantitative estimate of drug-likeness (QED) is 0.109. The number of hydrogen-bond acceptors (Lipinski definition) is 5. The summed E-state index contributed by atoms with van der Waals surface area (Å²) in [6.45, 7) is 7.54. The van der Waals surface area contributed by atoms with Gasteiger partial charge in [0.2, 0.25) is 0 Å². The zero-order valence-corrected chi connectivity index (χ0v) is 23.7. The minimum Gasteiger partial charge on any atom is -0.465 e. The van der Waals surface area contributed by atoms with Crippen molar-refractivity contribution in [1.29, 1.82) is 0 Å². The maximum atomic E-state index is 12.9. The largest absolute Gasteiger partial charge is 0.465 e. The Morgan fingerprint density at radius 3 is 2.06 bits per heavy atom. The molecule has 36 heavy (non-hydrogen) atoms. The van der Waals surface area contributed by atoms with Crippen LogP contribution in [0.25, 0.3) is 21.8 Å². The Morgan fingerprint density at radius 2 is 1.42 bits per heavy atom. The number of hydrogen-bond donors (Lipinski definition) is 0. The second-order valence-corrected chi connectivity index (χ2v) is 12.3. The van der Waals surface area contributed by atoms with Crippen molar-refractivity contribution in [2.24, 2.45) is 5.41 Å². The second kappa shape index (κ2) is 14.7. The molecule has 196 valence electrons. The van der Waals surface area contributed by atoms with E-state index in [1.807, 2.05) is 73.8 Å². The van der Waals surface area contributed by atoms with Crippen molar-refractivity contribution in [3.05, 3.63) is 58.8 Å². The number of aromatic nitrogens is 1. The van der Waals surface area contributed by atoms with Crippen molar-refractivity contribution >= 4 is 51.3 Å².